The molecule has 1 aliphatic rings. The van der Waals surface area contributed by atoms with Crippen LogP contribution < -0.4 is 10.2 Å². The lowest BCUT2D eigenvalue weighted by atomic mass is 9.90. The van der Waals surface area contributed by atoms with E-state index in [-0.39, 0.29) is 11.3 Å². The van der Waals surface area contributed by atoms with Gasteiger partial charge in [0.15, 0.2) is 0 Å². The minimum absolute atomic E-state index is 0.0140. The Kier molecular flexibility index (Phi) is 8.70. The summed E-state index contributed by atoms with van der Waals surface area (Å²) >= 11 is 0. The van der Waals surface area contributed by atoms with Crippen molar-refractivity contribution in [1.29, 1.82) is 0 Å². The summed E-state index contributed by atoms with van der Waals surface area (Å²) in [4.78, 5) is 20.0. The number of nitrogens with one attached hydrogen (secondary N) is 1. The number of aromatic nitrogens is 1. The third kappa shape index (κ3) is 7.06. The van der Waals surface area contributed by atoms with Crippen molar-refractivity contribution in [3.63, 3.8) is 0 Å². The average Bonchev–Trinajstić information content (AvgIpc) is 2.65. The van der Waals surface area contributed by atoms with Crippen LogP contribution in [0.5, 0.6) is 0 Å². The Morgan fingerprint density at radius 3 is 2.64 bits per heavy atom. The average molecular weight is 392 g/mol. The molecule has 6 nitrogen and oxygen atoms in total. The van der Waals surface area contributed by atoms with Crippen molar-refractivity contribution in [3.8, 4) is 0 Å². The van der Waals surface area contributed by atoms with Crippen LogP contribution in [0.25, 0.3) is 0 Å². The zero-order valence-electron chi connectivity index (χ0n) is 18.3. The molecule has 2 heterocycles. The number of rotatable bonds is 9. The molecule has 1 aromatic rings. The summed E-state index contributed by atoms with van der Waals surface area (Å²) in [6.07, 6.45) is 3.64. The second kappa shape index (κ2) is 10.8. The van der Waals surface area contributed by atoms with Crippen molar-refractivity contribution in [3.05, 3.63) is 22.9 Å². The lowest BCUT2D eigenvalue weighted by Gasteiger charge is -2.29. The quantitative estimate of drug-likeness (QED) is 0.654. The molecule has 0 unspecified atom stereocenters. The summed E-state index contributed by atoms with van der Waals surface area (Å²) in [6, 6.07) is 2.04. The van der Waals surface area contributed by atoms with Gasteiger partial charge in [0.05, 0.1) is 24.5 Å². The van der Waals surface area contributed by atoms with Crippen molar-refractivity contribution in [1.82, 2.24) is 10.3 Å². The van der Waals surface area contributed by atoms with Crippen LogP contribution in [0.15, 0.2) is 6.07 Å². The van der Waals surface area contributed by atoms with E-state index in [2.05, 4.69) is 31.0 Å². The lowest BCUT2D eigenvalue weighted by Crippen LogP contribution is -2.37. The molecule has 1 amide bonds. The number of carbonyl (C=O) groups is 1. The first kappa shape index (κ1) is 22.6. The molecule has 6 heteroatoms. The molecule has 0 aliphatic carbocycles. The third-order valence-corrected chi connectivity index (χ3v) is 4.99. The van der Waals surface area contributed by atoms with Gasteiger partial charge in [0.2, 0.25) is 0 Å². The molecule has 0 atom stereocenters. The predicted octanol–water partition coefficient (Wildman–Crippen LogP) is 3.36. The molecule has 2 rings (SSSR count). The number of aryl methyl sites for hydroxylation is 2. The van der Waals surface area contributed by atoms with E-state index in [1.165, 1.54) is 0 Å². The zero-order chi connectivity index (χ0) is 20.6. The SMILES string of the molecule is COCCCc1nc(N2CCOCC2)cc(C)c1C(=O)NCCCC(C)(C)C. The van der Waals surface area contributed by atoms with Crippen LogP contribution in [0.2, 0.25) is 0 Å². The molecular formula is C22H37N3O3. The van der Waals surface area contributed by atoms with E-state index in [4.69, 9.17) is 14.5 Å². The Bertz CT molecular complexity index is 635. The maximum Gasteiger partial charge on any atom is 0.253 e. The number of ether oxygens (including phenoxy) is 2. The highest BCUT2D eigenvalue weighted by Gasteiger charge is 2.20. The summed E-state index contributed by atoms with van der Waals surface area (Å²) in [5.74, 6) is 0.928. The summed E-state index contributed by atoms with van der Waals surface area (Å²) in [5, 5.41) is 3.10. The second-order valence-corrected chi connectivity index (χ2v) is 8.73. The van der Waals surface area contributed by atoms with E-state index in [0.29, 0.717) is 13.2 Å². The maximum atomic E-state index is 12.9. The minimum Gasteiger partial charge on any atom is -0.385 e. The molecule has 0 saturated carbocycles. The van der Waals surface area contributed by atoms with E-state index in [0.717, 1.165) is 74.6 Å². The Morgan fingerprint density at radius 1 is 1.29 bits per heavy atom. The largest absolute Gasteiger partial charge is 0.385 e. The van der Waals surface area contributed by atoms with Gasteiger partial charge in [-0.25, -0.2) is 4.98 Å². The Hall–Kier alpha value is -1.66. The number of hydrogen-bond donors (Lipinski definition) is 1. The van der Waals surface area contributed by atoms with Gasteiger partial charge in [-0.1, -0.05) is 20.8 Å². The normalized spacial score (nSPS) is 15.0. The molecule has 1 N–H and O–H groups in total. The van der Waals surface area contributed by atoms with Gasteiger partial charge < -0.3 is 19.7 Å². The van der Waals surface area contributed by atoms with Crippen molar-refractivity contribution >= 4 is 11.7 Å². The number of carbonyl (C=O) groups excluding carboxylic acids is 1. The van der Waals surface area contributed by atoms with Crippen LogP contribution in [0, 0.1) is 12.3 Å². The monoisotopic (exact) mass is 391 g/mol. The molecule has 158 valence electrons. The van der Waals surface area contributed by atoms with Crippen LogP contribution in [-0.2, 0) is 15.9 Å². The van der Waals surface area contributed by atoms with Gasteiger partial charge in [0, 0.05) is 33.4 Å². The summed E-state index contributed by atoms with van der Waals surface area (Å²) in [5.41, 5.74) is 2.86. The topological polar surface area (TPSA) is 63.7 Å². The van der Waals surface area contributed by atoms with E-state index in [9.17, 15) is 4.79 Å². The van der Waals surface area contributed by atoms with Crippen LogP contribution in [-0.4, -0.2) is 57.5 Å². The molecule has 0 radical (unpaired) electrons. The van der Waals surface area contributed by atoms with Gasteiger partial charge in [-0.2, -0.15) is 0 Å². The lowest BCUT2D eigenvalue weighted by molar-refractivity contribution is 0.0949. The Morgan fingerprint density at radius 2 is 2.00 bits per heavy atom. The minimum atomic E-state index is -0.0140. The highest BCUT2D eigenvalue weighted by atomic mass is 16.5. The fourth-order valence-corrected chi connectivity index (χ4v) is 3.46. The van der Waals surface area contributed by atoms with Gasteiger partial charge in [-0.3, -0.25) is 4.79 Å². The predicted molar refractivity (Wildman–Crippen MR) is 113 cm³/mol. The Labute approximate surface area is 170 Å². The fourth-order valence-electron chi connectivity index (χ4n) is 3.46. The highest BCUT2D eigenvalue weighted by molar-refractivity contribution is 5.97. The molecule has 0 aromatic carbocycles. The molecule has 1 aliphatic heterocycles. The number of pyridine rings is 1. The molecule has 1 aromatic heterocycles. The van der Waals surface area contributed by atoms with E-state index in [1.807, 2.05) is 13.0 Å². The summed E-state index contributed by atoms with van der Waals surface area (Å²) < 4.78 is 10.6. The van der Waals surface area contributed by atoms with Gasteiger partial charge >= 0.3 is 0 Å². The number of nitrogens with zero attached hydrogens (tertiary/aromatic N) is 2. The molecule has 28 heavy (non-hydrogen) atoms. The van der Waals surface area contributed by atoms with E-state index >= 15 is 0 Å². The number of amides is 1. The number of anilines is 1. The third-order valence-electron chi connectivity index (χ3n) is 4.99. The number of morpholine rings is 1. The van der Waals surface area contributed by atoms with Crippen molar-refractivity contribution in [2.75, 3.05) is 51.5 Å². The molecule has 1 saturated heterocycles. The van der Waals surface area contributed by atoms with Crippen molar-refractivity contribution in [2.24, 2.45) is 5.41 Å². The molecular weight excluding hydrogens is 354 g/mol. The smallest absolute Gasteiger partial charge is 0.253 e. The second-order valence-electron chi connectivity index (χ2n) is 8.73. The van der Waals surface area contributed by atoms with E-state index < -0.39 is 0 Å². The van der Waals surface area contributed by atoms with Gasteiger partial charge in [0.25, 0.3) is 5.91 Å². The van der Waals surface area contributed by atoms with Crippen LogP contribution in [0.1, 0.15) is 61.6 Å². The summed E-state index contributed by atoms with van der Waals surface area (Å²) in [6.45, 7) is 13.1. The summed E-state index contributed by atoms with van der Waals surface area (Å²) in [7, 11) is 1.70. The van der Waals surface area contributed by atoms with Gasteiger partial charge in [-0.15, -0.1) is 0 Å². The first-order valence-electron chi connectivity index (χ1n) is 10.4. The van der Waals surface area contributed by atoms with Crippen molar-refractivity contribution < 1.29 is 14.3 Å². The standard InChI is InChI=1S/C22H37N3O3/c1-17-16-19(25-11-14-28-15-12-25)24-18(8-6-13-27-5)20(17)21(26)23-10-7-9-22(2,3)4/h16H,6-15H2,1-5H3,(H,23,26). The van der Waals surface area contributed by atoms with E-state index in [1.54, 1.807) is 7.11 Å². The fraction of sp³-hybridized carbons (Fsp3) is 0.727. The van der Waals surface area contributed by atoms with Crippen LogP contribution in [0.4, 0.5) is 5.82 Å². The molecule has 1 fully saturated rings. The number of hydrogen-bond acceptors (Lipinski definition) is 5. The zero-order valence-corrected chi connectivity index (χ0v) is 18.3. The molecule has 0 spiro atoms. The highest BCUT2D eigenvalue weighted by Crippen LogP contribution is 2.23. The first-order chi connectivity index (χ1) is 13.3. The van der Waals surface area contributed by atoms with Crippen LogP contribution >= 0.6 is 0 Å². The maximum absolute atomic E-state index is 12.9. The van der Waals surface area contributed by atoms with Gasteiger partial charge in [0.1, 0.15) is 5.82 Å². The Balaban J connectivity index is 2.14. The van der Waals surface area contributed by atoms with Gasteiger partial charge in [-0.05, 0) is 49.7 Å². The van der Waals surface area contributed by atoms with Crippen LogP contribution in [0.3, 0.4) is 0 Å². The first-order valence-corrected chi connectivity index (χ1v) is 10.4. The number of methoxy groups -OCH3 is 1. The molecule has 0 bridgehead atoms. The van der Waals surface area contributed by atoms with Crippen molar-refractivity contribution in [2.45, 2.75) is 53.4 Å².